The number of nitrogens with one attached hydrogen (secondary N) is 2. The first kappa shape index (κ1) is 32.9. The monoisotopic (exact) mass is 647 g/mol. The molecule has 4 aromatic carbocycles. The van der Waals surface area contributed by atoms with E-state index in [1.54, 1.807) is 65.6 Å². The number of anilines is 2. The molecule has 0 spiro atoms. The number of urea groups is 1. The number of carbonyl (C=O) groups is 3. The minimum Gasteiger partial charge on any atom is -0.490 e. The molecule has 1 aliphatic heterocycles. The zero-order chi connectivity index (χ0) is 33.6. The molecule has 0 unspecified atom stereocenters. The second-order valence-corrected chi connectivity index (χ2v) is 10.8. The average Bonchev–Trinajstić information content (AvgIpc) is 3.05. The van der Waals surface area contributed by atoms with E-state index in [-0.39, 0.29) is 23.4 Å². The van der Waals surface area contributed by atoms with Gasteiger partial charge in [-0.25, -0.2) is 9.59 Å². The predicted molar refractivity (Wildman–Crippen MR) is 170 cm³/mol. The molecule has 1 heterocycles. The molecule has 0 aromatic heterocycles. The summed E-state index contributed by atoms with van der Waals surface area (Å²) < 4.78 is 52.8. The van der Waals surface area contributed by atoms with Crippen molar-refractivity contribution >= 4 is 29.3 Å². The van der Waals surface area contributed by atoms with Gasteiger partial charge in [0.2, 0.25) is 0 Å². The van der Waals surface area contributed by atoms with Crippen molar-refractivity contribution in [2.45, 2.75) is 32.2 Å². The third kappa shape index (κ3) is 8.40. The summed E-state index contributed by atoms with van der Waals surface area (Å²) in [4.78, 5) is 40.0. The van der Waals surface area contributed by atoms with Gasteiger partial charge in [-0.1, -0.05) is 42.5 Å². The number of carbonyl (C=O) groups excluding carboxylic acids is 3. The molecule has 0 radical (unpaired) electrons. The molecule has 2 N–H and O–H groups in total. The third-order valence-corrected chi connectivity index (χ3v) is 7.59. The molecule has 0 aliphatic carbocycles. The summed E-state index contributed by atoms with van der Waals surface area (Å²) in [6.07, 6.45) is -3.83. The number of methoxy groups -OCH3 is 1. The first-order valence-corrected chi connectivity index (χ1v) is 14.8. The Bertz CT molecular complexity index is 1750. The maximum Gasteiger partial charge on any atom is 0.573 e. The first-order valence-electron chi connectivity index (χ1n) is 14.8. The van der Waals surface area contributed by atoms with Gasteiger partial charge < -0.3 is 29.7 Å². The Morgan fingerprint density at radius 1 is 0.809 bits per heavy atom. The largest absolute Gasteiger partial charge is 0.573 e. The van der Waals surface area contributed by atoms with Gasteiger partial charge in [0.05, 0.1) is 18.4 Å². The highest BCUT2D eigenvalue weighted by Gasteiger charge is 2.31. The van der Waals surface area contributed by atoms with E-state index < -0.39 is 18.2 Å². The van der Waals surface area contributed by atoms with Crippen LogP contribution in [0.3, 0.4) is 0 Å². The van der Waals surface area contributed by atoms with Crippen LogP contribution in [0.4, 0.5) is 29.3 Å². The minimum atomic E-state index is -4.80. The van der Waals surface area contributed by atoms with Crippen LogP contribution in [0.5, 0.6) is 11.5 Å². The number of para-hydroxylation sites is 1. The van der Waals surface area contributed by atoms with Crippen LogP contribution in [-0.2, 0) is 4.74 Å². The number of hydrogen-bond donors (Lipinski definition) is 2. The van der Waals surface area contributed by atoms with Crippen LogP contribution in [-0.4, -0.2) is 55.5 Å². The van der Waals surface area contributed by atoms with Crippen LogP contribution < -0.4 is 20.1 Å². The summed E-state index contributed by atoms with van der Waals surface area (Å²) in [5.74, 6) is -0.751. The van der Waals surface area contributed by atoms with E-state index in [0.29, 0.717) is 59.7 Å². The lowest BCUT2D eigenvalue weighted by Crippen LogP contribution is -2.43. The van der Waals surface area contributed by atoms with Gasteiger partial charge in [0, 0.05) is 43.2 Å². The van der Waals surface area contributed by atoms with Crippen molar-refractivity contribution in [2.24, 2.45) is 0 Å². The number of nitrogens with zero attached hydrogens (tertiary/aromatic N) is 1. The summed E-state index contributed by atoms with van der Waals surface area (Å²) in [5.41, 5.74) is 3.39. The quantitative estimate of drug-likeness (QED) is 0.190. The molecule has 9 nitrogen and oxygen atoms in total. The minimum absolute atomic E-state index is 0.167. The molecule has 47 heavy (non-hydrogen) atoms. The lowest BCUT2D eigenvalue weighted by Gasteiger charge is -2.32. The first-order chi connectivity index (χ1) is 22.5. The van der Waals surface area contributed by atoms with Gasteiger partial charge >= 0.3 is 18.4 Å². The van der Waals surface area contributed by atoms with E-state index in [1.165, 1.54) is 31.4 Å². The SMILES string of the molecule is COC(=O)c1ccccc1NC(=O)N1CCC(Oc2cccc(NC(=O)c3cccc(C)c3-c3ccc(OC(F)(F)F)cc3)c2)CC1. The van der Waals surface area contributed by atoms with Crippen LogP contribution in [0.15, 0.2) is 91.0 Å². The number of halogens is 3. The highest BCUT2D eigenvalue weighted by atomic mass is 19.4. The van der Waals surface area contributed by atoms with Crippen molar-refractivity contribution in [1.29, 1.82) is 0 Å². The van der Waals surface area contributed by atoms with Crippen molar-refractivity contribution in [1.82, 2.24) is 4.90 Å². The number of benzene rings is 4. The van der Waals surface area contributed by atoms with Gasteiger partial charge in [-0.15, -0.1) is 13.2 Å². The van der Waals surface area contributed by atoms with Crippen LogP contribution >= 0.6 is 0 Å². The van der Waals surface area contributed by atoms with E-state index in [1.807, 2.05) is 13.0 Å². The molecule has 3 amide bonds. The van der Waals surface area contributed by atoms with Crippen molar-refractivity contribution in [3.05, 3.63) is 108 Å². The lowest BCUT2D eigenvalue weighted by atomic mass is 9.94. The fourth-order valence-corrected chi connectivity index (χ4v) is 5.35. The summed E-state index contributed by atoms with van der Waals surface area (Å²) in [7, 11) is 1.28. The van der Waals surface area contributed by atoms with E-state index >= 15 is 0 Å². The van der Waals surface area contributed by atoms with E-state index in [0.717, 1.165) is 5.56 Å². The van der Waals surface area contributed by atoms with Crippen molar-refractivity contribution in [3.8, 4) is 22.6 Å². The van der Waals surface area contributed by atoms with Gasteiger partial charge in [-0.3, -0.25) is 4.79 Å². The summed E-state index contributed by atoms with van der Waals surface area (Å²) in [5, 5.41) is 5.68. The third-order valence-electron chi connectivity index (χ3n) is 7.59. The zero-order valence-corrected chi connectivity index (χ0v) is 25.6. The smallest absolute Gasteiger partial charge is 0.490 e. The maximum atomic E-state index is 13.4. The van der Waals surface area contributed by atoms with E-state index in [2.05, 4.69) is 15.4 Å². The molecule has 244 valence electrons. The molecule has 5 rings (SSSR count). The Hall–Kier alpha value is -5.52. The molecule has 0 atom stereocenters. The highest BCUT2D eigenvalue weighted by Crippen LogP contribution is 2.32. The Morgan fingerprint density at radius 2 is 1.49 bits per heavy atom. The Morgan fingerprint density at radius 3 is 2.19 bits per heavy atom. The number of piperidine rings is 1. The van der Waals surface area contributed by atoms with Crippen molar-refractivity contribution in [3.63, 3.8) is 0 Å². The van der Waals surface area contributed by atoms with Gasteiger partial charge in [0.1, 0.15) is 17.6 Å². The van der Waals surface area contributed by atoms with E-state index in [4.69, 9.17) is 9.47 Å². The molecule has 0 saturated carbocycles. The lowest BCUT2D eigenvalue weighted by molar-refractivity contribution is -0.274. The van der Waals surface area contributed by atoms with Crippen molar-refractivity contribution in [2.75, 3.05) is 30.8 Å². The van der Waals surface area contributed by atoms with Gasteiger partial charge in [0.25, 0.3) is 5.91 Å². The van der Waals surface area contributed by atoms with Gasteiger partial charge in [-0.05, 0) is 66.1 Å². The number of amides is 3. The normalized spacial score (nSPS) is 13.4. The van der Waals surface area contributed by atoms with Crippen LogP contribution in [0.25, 0.3) is 11.1 Å². The number of esters is 1. The fraction of sp³-hybridized carbons (Fsp3) is 0.229. The second kappa shape index (κ2) is 14.3. The zero-order valence-electron chi connectivity index (χ0n) is 25.6. The number of likely N-dealkylation sites (tertiary alicyclic amines) is 1. The highest BCUT2D eigenvalue weighted by molar-refractivity contribution is 6.09. The van der Waals surface area contributed by atoms with Crippen LogP contribution in [0, 0.1) is 6.92 Å². The molecule has 1 fully saturated rings. The number of hydrogen-bond acceptors (Lipinski definition) is 6. The van der Waals surface area contributed by atoms with Crippen LogP contribution in [0.1, 0.15) is 39.1 Å². The molecule has 0 bridgehead atoms. The maximum absolute atomic E-state index is 13.4. The number of rotatable bonds is 8. The molecule has 12 heteroatoms. The molecular formula is C35H32F3N3O6. The number of aryl methyl sites for hydroxylation is 1. The Labute approximate surface area is 269 Å². The van der Waals surface area contributed by atoms with Gasteiger partial charge in [-0.2, -0.15) is 0 Å². The molecule has 4 aromatic rings. The second-order valence-electron chi connectivity index (χ2n) is 10.8. The molecule has 1 aliphatic rings. The number of alkyl halides is 3. The average molecular weight is 648 g/mol. The topological polar surface area (TPSA) is 106 Å². The standard InChI is InChI=1S/C35H32F3N3O6/c1-22-7-5-11-29(31(22)23-13-15-26(16-14-23)47-35(36,37)38)32(42)39-24-8-6-9-27(21-24)46-25-17-19-41(20-18-25)34(44)40-30-12-4-3-10-28(30)33(43)45-2/h3-16,21,25H,17-20H2,1-2H3,(H,39,42)(H,40,44). The summed E-state index contributed by atoms with van der Waals surface area (Å²) in [6, 6.07) is 23.8. The molecular weight excluding hydrogens is 615 g/mol. The fourth-order valence-electron chi connectivity index (χ4n) is 5.35. The van der Waals surface area contributed by atoms with E-state index in [9.17, 15) is 27.6 Å². The number of ether oxygens (including phenoxy) is 3. The van der Waals surface area contributed by atoms with Crippen molar-refractivity contribution < 1.29 is 41.8 Å². The molecule has 1 saturated heterocycles. The van der Waals surface area contributed by atoms with Gasteiger partial charge in [0.15, 0.2) is 0 Å². The predicted octanol–water partition coefficient (Wildman–Crippen LogP) is 7.67. The Kier molecular flexibility index (Phi) is 9.98. The summed E-state index contributed by atoms with van der Waals surface area (Å²) in [6.45, 7) is 2.69. The van der Waals surface area contributed by atoms with Crippen LogP contribution in [0.2, 0.25) is 0 Å². The Balaban J connectivity index is 1.20. The summed E-state index contributed by atoms with van der Waals surface area (Å²) >= 11 is 0.